The third-order valence-corrected chi connectivity index (χ3v) is 4.99. The molecule has 0 aliphatic rings. The van der Waals surface area contributed by atoms with Gasteiger partial charge in [-0.05, 0) is 31.0 Å². The van der Waals surface area contributed by atoms with Crippen LogP contribution in [0.3, 0.4) is 0 Å². The van der Waals surface area contributed by atoms with Gasteiger partial charge in [-0.3, -0.25) is 0 Å². The van der Waals surface area contributed by atoms with E-state index < -0.39 is 5.97 Å². The van der Waals surface area contributed by atoms with E-state index in [9.17, 15) is 4.79 Å². The fourth-order valence-electron chi connectivity index (χ4n) is 3.41. The lowest BCUT2D eigenvalue weighted by Crippen LogP contribution is -2.37. The van der Waals surface area contributed by atoms with E-state index in [-0.39, 0.29) is 0 Å². The molecule has 0 saturated carbocycles. The number of hydrogen-bond donors (Lipinski definition) is 1. The summed E-state index contributed by atoms with van der Waals surface area (Å²) in [6, 6.07) is 7.20. The maximum atomic E-state index is 11.0. The number of hydrogen-bond acceptors (Lipinski definition) is 1. The van der Waals surface area contributed by atoms with Crippen molar-refractivity contribution in [1.29, 1.82) is 0 Å². The Hall–Kier alpha value is -2.10. The second-order valence-corrected chi connectivity index (χ2v) is 7.00. The van der Waals surface area contributed by atoms with Crippen molar-refractivity contribution in [3.05, 3.63) is 53.6 Å². The number of aryl methyl sites for hydroxylation is 1. The minimum absolute atomic E-state index is 0.341. The normalized spacial score (nSPS) is 11.0. The number of imidazole rings is 1. The molecule has 1 aromatic carbocycles. The molecule has 26 heavy (non-hydrogen) atoms. The maximum absolute atomic E-state index is 11.0. The number of unbranched alkanes of at least 4 members (excludes halogenated alkanes) is 6. The van der Waals surface area contributed by atoms with Gasteiger partial charge in [0.2, 0.25) is 0 Å². The summed E-state index contributed by atoms with van der Waals surface area (Å²) in [4.78, 5) is 11.0. The summed E-state index contributed by atoms with van der Waals surface area (Å²) in [5.41, 5.74) is 1.47. The number of rotatable bonds is 12. The highest BCUT2D eigenvalue weighted by atomic mass is 16.4. The average Bonchev–Trinajstić information content (AvgIpc) is 3.03. The van der Waals surface area contributed by atoms with Gasteiger partial charge in [-0.2, -0.15) is 0 Å². The first-order valence-electron chi connectivity index (χ1n) is 10.0. The van der Waals surface area contributed by atoms with E-state index in [1.54, 1.807) is 12.1 Å². The van der Waals surface area contributed by atoms with Crippen molar-refractivity contribution in [2.75, 3.05) is 0 Å². The number of carboxylic acid groups (broad SMARTS) is 1. The van der Waals surface area contributed by atoms with Crippen LogP contribution in [0.1, 0.15) is 80.5 Å². The Labute approximate surface area is 157 Å². The SMILES string of the molecule is CCCCCCCCCc1n(CC)cc[n+]1Cc1ccc(C(=O)O)cc1. The lowest BCUT2D eigenvalue weighted by molar-refractivity contribution is -0.695. The fourth-order valence-corrected chi connectivity index (χ4v) is 3.41. The molecule has 0 aliphatic heterocycles. The van der Waals surface area contributed by atoms with Gasteiger partial charge in [-0.15, -0.1) is 0 Å². The zero-order valence-electron chi connectivity index (χ0n) is 16.3. The van der Waals surface area contributed by atoms with Crippen LogP contribution in [-0.4, -0.2) is 15.6 Å². The smallest absolute Gasteiger partial charge is 0.335 e. The number of carbonyl (C=O) groups is 1. The Morgan fingerprint density at radius 2 is 1.65 bits per heavy atom. The zero-order valence-corrected chi connectivity index (χ0v) is 16.3. The van der Waals surface area contributed by atoms with Crippen LogP contribution < -0.4 is 4.57 Å². The second kappa shape index (κ2) is 10.8. The Bertz CT molecular complexity index is 674. The lowest BCUT2D eigenvalue weighted by Gasteiger charge is -2.06. The van der Waals surface area contributed by atoms with Gasteiger partial charge in [0, 0.05) is 6.42 Å². The highest BCUT2D eigenvalue weighted by Crippen LogP contribution is 2.11. The third-order valence-electron chi connectivity index (χ3n) is 4.99. The van der Waals surface area contributed by atoms with Crippen molar-refractivity contribution in [2.24, 2.45) is 0 Å². The minimum atomic E-state index is -0.874. The molecular formula is C22H33N2O2+. The standard InChI is InChI=1S/C22H32N2O2/c1-3-5-6-7-8-9-10-11-21-23(4-2)16-17-24(21)18-19-12-14-20(15-13-19)22(25)26/h12-17H,3-11,18H2,1-2H3/p+1. The van der Waals surface area contributed by atoms with Gasteiger partial charge in [0.15, 0.2) is 0 Å². The van der Waals surface area contributed by atoms with Gasteiger partial charge in [0.1, 0.15) is 18.9 Å². The number of nitrogens with zero attached hydrogens (tertiary/aromatic N) is 2. The van der Waals surface area contributed by atoms with Gasteiger partial charge < -0.3 is 5.11 Å². The summed E-state index contributed by atoms with van der Waals surface area (Å²) in [5.74, 6) is 0.490. The third kappa shape index (κ3) is 6.01. The van der Waals surface area contributed by atoms with Crippen molar-refractivity contribution in [3.63, 3.8) is 0 Å². The topological polar surface area (TPSA) is 46.1 Å². The highest BCUT2D eigenvalue weighted by molar-refractivity contribution is 5.87. The van der Waals surface area contributed by atoms with Crippen molar-refractivity contribution < 1.29 is 14.5 Å². The molecule has 0 atom stereocenters. The summed E-state index contributed by atoms with van der Waals surface area (Å²) in [7, 11) is 0. The van der Waals surface area contributed by atoms with E-state index in [2.05, 4.69) is 35.4 Å². The van der Waals surface area contributed by atoms with E-state index in [0.29, 0.717) is 5.56 Å². The number of aromatic carboxylic acids is 1. The molecule has 0 unspecified atom stereocenters. The predicted molar refractivity (Wildman–Crippen MR) is 105 cm³/mol. The molecule has 0 aliphatic carbocycles. The summed E-state index contributed by atoms with van der Waals surface area (Å²) in [6.07, 6.45) is 14.7. The van der Waals surface area contributed by atoms with Crippen LogP contribution in [0.25, 0.3) is 0 Å². The average molecular weight is 358 g/mol. The van der Waals surface area contributed by atoms with Crippen molar-refractivity contribution in [3.8, 4) is 0 Å². The maximum Gasteiger partial charge on any atom is 0.335 e. The van der Waals surface area contributed by atoms with Gasteiger partial charge in [0.25, 0.3) is 5.82 Å². The summed E-state index contributed by atoms with van der Waals surface area (Å²) < 4.78 is 4.62. The predicted octanol–water partition coefficient (Wildman–Crippen LogP) is 4.84. The number of benzene rings is 1. The lowest BCUT2D eigenvalue weighted by atomic mass is 10.1. The molecule has 4 nitrogen and oxygen atoms in total. The van der Waals surface area contributed by atoms with E-state index in [0.717, 1.165) is 25.1 Å². The van der Waals surface area contributed by atoms with Crippen molar-refractivity contribution >= 4 is 5.97 Å². The molecule has 4 heteroatoms. The molecular weight excluding hydrogens is 324 g/mol. The van der Waals surface area contributed by atoms with Crippen LogP contribution in [0, 0.1) is 0 Å². The van der Waals surface area contributed by atoms with Crippen LogP contribution >= 0.6 is 0 Å². The first-order chi connectivity index (χ1) is 12.7. The minimum Gasteiger partial charge on any atom is -0.478 e. The molecule has 2 rings (SSSR count). The molecule has 1 aromatic heterocycles. The van der Waals surface area contributed by atoms with Crippen molar-refractivity contribution in [2.45, 2.75) is 78.3 Å². The Morgan fingerprint density at radius 3 is 2.27 bits per heavy atom. The van der Waals surface area contributed by atoms with Gasteiger partial charge in [0.05, 0.1) is 12.1 Å². The van der Waals surface area contributed by atoms with Crippen LogP contribution in [0.15, 0.2) is 36.7 Å². The molecule has 0 fully saturated rings. The summed E-state index contributed by atoms with van der Waals surface area (Å²) >= 11 is 0. The van der Waals surface area contributed by atoms with Crippen LogP contribution in [-0.2, 0) is 19.5 Å². The monoisotopic (exact) mass is 357 g/mol. The molecule has 2 aromatic rings. The molecule has 0 bridgehead atoms. The molecule has 0 saturated heterocycles. The van der Waals surface area contributed by atoms with Crippen LogP contribution in [0.2, 0.25) is 0 Å². The first kappa shape index (κ1) is 20.2. The van der Waals surface area contributed by atoms with Crippen LogP contribution in [0.4, 0.5) is 0 Å². The molecule has 0 radical (unpaired) electrons. The molecule has 1 N–H and O–H groups in total. The van der Waals surface area contributed by atoms with Gasteiger partial charge in [-0.25, -0.2) is 13.9 Å². The molecule has 142 valence electrons. The van der Waals surface area contributed by atoms with Gasteiger partial charge >= 0.3 is 5.97 Å². The van der Waals surface area contributed by atoms with E-state index in [1.807, 2.05) is 12.1 Å². The van der Waals surface area contributed by atoms with E-state index >= 15 is 0 Å². The molecule has 1 heterocycles. The van der Waals surface area contributed by atoms with Crippen molar-refractivity contribution in [1.82, 2.24) is 4.57 Å². The zero-order chi connectivity index (χ0) is 18.8. The Kier molecular flexibility index (Phi) is 8.39. The molecule has 0 spiro atoms. The Balaban J connectivity index is 1.92. The van der Waals surface area contributed by atoms with E-state index in [4.69, 9.17) is 5.11 Å². The number of aromatic nitrogens is 2. The summed E-state index contributed by atoms with van der Waals surface area (Å²) in [6.45, 7) is 6.21. The largest absolute Gasteiger partial charge is 0.478 e. The quantitative estimate of drug-likeness (QED) is 0.436. The Morgan fingerprint density at radius 1 is 1.00 bits per heavy atom. The highest BCUT2D eigenvalue weighted by Gasteiger charge is 2.16. The second-order valence-electron chi connectivity index (χ2n) is 7.00. The molecule has 0 amide bonds. The number of carboxylic acids is 1. The van der Waals surface area contributed by atoms with Gasteiger partial charge in [-0.1, -0.05) is 57.6 Å². The summed E-state index contributed by atoms with van der Waals surface area (Å²) in [5, 5.41) is 9.02. The van der Waals surface area contributed by atoms with E-state index in [1.165, 1.54) is 50.8 Å². The van der Waals surface area contributed by atoms with Crippen LogP contribution in [0.5, 0.6) is 0 Å². The fraction of sp³-hybridized carbons (Fsp3) is 0.545. The first-order valence-corrected chi connectivity index (χ1v) is 10.0.